The van der Waals surface area contributed by atoms with E-state index in [0.29, 0.717) is 0 Å². The largest absolute Gasteiger partial charge is 0.462 e. The van der Waals surface area contributed by atoms with Crippen molar-refractivity contribution in [2.45, 2.75) is 20.0 Å². The molecule has 0 aliphatic heterocycles. The highest BCUT2D eigenvalue weighted by atomic mass is 32.2. The average molecular weight is 257 g/mol. The number of benzene rings is 1. The van der Waals surface area contributed by atoms with Crippen molar-refractivity contribution in [1.82, 2.24) is 0 Å². The van der Waals surface area contributed by atoms with Crippen LogP contribution in [-0.2, 0) is 20.0 Å². The van der Waals surface area contributed by atoms with Gasteiger partial charge in [0.05, 0.1) is 6.10 Å². The van der Waals surface area contributed by atoms with E-state index in [1.807, 2.05) is 36.4 Å². The van der Waals surface area contributed by atoms with Crippen LogP contribution in [0, 0.1) is 0 Å². The summed E-state index contributed by atoms with van der Waals surface area (Å²) in [6.07, 6.45) is -0.238. The van der Waals surface area contributed by atoms with Crippen LogP contribution < -0.4 is 0 Å². The highest BCUT2D eigenvalue weighted by molar-refractivity contribution is 7.61. The molecular weight excluding hydrogens is 242 g/mol. The summed E-state index contributed by atoms with van der Waals surface area (Å²) >= 11 is 0. The number of carbonyl (C=O) groups excluding carboxylic acids is 1. The van der Waals surface area contributed by atoms with Gasteiger partial charge in [-0.25, -0.2) is 4.79 Å². The van der Waals surface area contributed by atoms with Crippen LogP contribution in [-0.4, -0.2) is 27.0 Å². The van der Waals surface area contributed by atoms with Crippen LogP contribution in [0.4, 0.5) is 0 Å². The third-order valence-corrected chi connectivity index (χ3v) is 1.67. The summed E-state index contributed by atoms with van der Waals surface area (Å²) in [7, 11) is -2.53. The van der Waals surface area contributed by atoms with Crippen LogP contribution in [0.15, 0.2) is 40.8 Å². The van der Waals surface area contributed by atoms with Gasteiger partial charge in [0.1, 0.15) is 0 Å². The molecular formula is C11H15NO4S. The predicted molar refractivity (Wildman–Crippen MR) is 63.9 cm³/mol. The first-order chi connectivity index (χ1) is 8.02. The molecule has 0 spiro atoms. The van der Waals surface area contributed by atoms with Gasteiger partial charge in [-0.1, -0.05) is 36.4 Å². The molecule has 0 heterocycles. The second kappa shape index (κ2) is 9.53. The van der Waals surface area contributed by atoms with E-state index in [2.05, 4.69) is 9.10 Å². The predicted octanol–water partition coefficient (Wildman–Crippen LogP) is 1.69. The molecule has 0 amide bonds. The van der Waals surface area contributed by atoms with E-state index in [9.17, 15) is 13.2 Å². The lowest BCUT2D eigenvalue weighted by Crippen LogP contribution is -2.13. The van der Waals surface area contributed by atoms with Crippen LogP contribution in [0.3, 0.4) is 0 Å². The second-order valence-corrected chi connectivity index (χ2v) is 3.89. The third kappa shape index (κ3) is 12.2. The highest BCUT2D eigenvalue weighted by Crippen LogP contribution is 1.88. The van der Waals surface area contributed by atoms with E-state index in [0.717, 1.165) is 0 Å². The molecule has 0 saturated carbocycles. The van der Waals surface area contributed by atoms with Crippen LogP contribution >= 0.6 is 0 Å². The zero-order valence-corrected chi connectivity index (χ0v) is 10.6. The number of esters is 1. The topological polar surface area (TPSA) is 72.8 Å². The Morgan fingerprint density at radius 3 is 1.82 bits per heavy atom. The number of nitrogens with zero attached hydrogens (tertiary/aromatic N) is 1. The second-order valence-electron chi connectivity index (χ2n) is 3.20. The van der Waals surface area contributed by atoms with E-state index in [4.69, 9.17) is 0 Å². The van der Waals surface area contributed by atoms with Crippen LogP contribution in [0.2, 0.25) is 0 Å². The summed E-state index contributed by atoms with van der Waals surface area (Å²) in [6, 6.07) is 12.0. The Morgan fingerprint density at radius 1 is 1.12 bits per heavy atom. The molecule has 5 nitrogen and oxygen atoms in total. The molecule has 0 fully saturated rings. The average Bonchev–Trinajstić information content (AvgIpc) is 2.29. The Bertz CT molecular complexity index is 405. The van der Waals surface area contributed by atoms with E-state index >= 15 is 0 Å². The zero-order chi connectivity index (χ0) is 13.1. The molecule has 0 bridgehead atoms. The fourth-order valence-electron chi connectivity index (χ4n) is 0.790. The number of hydrogen-bond donors (Lipinski definition) is 0. The molecule has 0 aliphatic carbocycles. The summed E-state index contributed by atoms with van der Waals surface area (Å²) in [4.78, 5) is 10.6. The summed E-state index contributed by atoms with van der Waals surface area (Å²) in [5.74, 6) is -0.635. The van der Waals surface area contributed by atoms with Crippen LogP contribution in [0.25, 0.3) is 0 Å². The molecule has 0 aliphatic rings. The van der Waals surface area contributed by atoms with Crippen molar-refractivity contribution in [3.63, 3.8) is 0 Å². The fourth-order valence-corrected chi connectivity index (χ4v) is 1.00. The number of ether oxygens (including phenoxy) is 1. The van der Waals surface area contributed by atoms with Gasteiger partial charge in [0.2, 0.25) is 0 Å². The molecule has 1 aromatic carbocycles. The lowest BCUT2D eigenvalue weighted by Gasteiger charge is -2.03. The van der Waals surface area contributed by atoms with Crippen LogP contribution in [0.5, 0.6) is 0 Å². The summed E-state index contributed by atoms with van der Waals surface area (Å²) in [5, 5.41) is 0. The van der Waals surface area contributed by atoms with Crippen molar-refractivity contribution in [3.05, 3.63) is 36.4 Å². The van der Waals surface area contributed by atoms with Gasteiger partial charge in [-0.15, -0.1) is 0 Å². The van der Waals surface area contributed by atoms with Gasteiger partial charge >= 0.3 is 16.5 Å². The molecule has 1 aromatic rings. The molecule has 0 saturated heterocycles. The van der Waals surface area contributed by atoms with Gasteiger partial charge in [-0.05, 0) is 13.8 Å². The van der Waals surface area contributed by atoms with Gasteiger partial charge in [0, 0.05) is 0 Å². The smallest absolute Gasteiger partial charge is 0.329 e. The molecule has 0 unspecified atom stereocenters. The minimum absolute atomic E-state index is 0.238. The minimum atomic E-state index is -2.53. The highest BCUT2D eigenvalue weighted by Gasteiger charge is 2.02. The van der Waals surface area contributed by atoms with E-state index in [1.165, 1.54) is 0 Å². The Labute approximate surface area is 102 Å². The molecule has 1 rings (SSSR count). The molecule has 0 radical (unpaired) electrons. The summed E-state index contributed by atoms with van der Waals surface area (Å²) in [6.45, 7) is 2.91. The van der Waals surface area contributed by atoms with Crippen molar-refractivity contribution < 1.29 is 17.9 Å². The Balaban J connectivity index is 0.000000354. The standard InChI is InChI=1S/C6H6.C5H9NO4S/c1-2-4-6-5-3-1;1-4(2)10-5(7)3-6-11(8)9/h1-6H;4H,3H2,1-2H3. The molecule has 0 aromatic heterocycles. The maximum atomic E-state index is 10.6. The maximum absolute atomic E-state index is 10.6. The minimum Gasteiger partial charge on any atom is -0.462 e. The molecule has 94 valence electrons. The zero-order valence-electron chi connectivity index (χ0n) is 9.74. The molecule has 0 N–H and O–H groups in total. The van der Waals surface area contributed by atoms with Gasteiger partial charge in [0.25, 0.3) is 0 Å². The van der Waals surface area contributed by atoms with Gasteiger partial charge in [-0.2, -0.15) is 12.8 Å². The van der Waals surface area contributed by atoms with Gasteiger partial charge in [0.15, 0.2) is 6.54 Å². The Morgan fingerprint density at radius 2 is 1.53 bits per heavy atom. The first kappa shape index (κ1) is 15.3. The molecule has 6 heteroatoms. The van der Waals surface area contributed by atoms with Gasteiger partial charge in [-0.3, -0.25) is 0 Å². The lowest BCUT2D eigenvalue weighted by atomic mass is 10.4. The Kier molecular flexibility index (Phi) is 8.58. The normalized spacial score (nSPS) is 8.88. The summed E-state index contributed by atoms with van der Waals surface area (Å²) < 4.78 is 27.1. The van der Waals surface area contributed by atoms with Gasteiger partial charge < -0.3 is 4.74 Å². The van der Waals surface area contributed by atoms with E-state index in [1.54, 1.807) is 13.8 Å². The first-order valence-corrected chi connectivity index (χ1v) is 6.02. The van der Waals surface area contributed by atoms with Crippen LogP contribution in [0.1, 0.15) is 13.8 Å². The van der Waals surface area contributed by atoms with Crippen molar-refractivity contribution in [2.75, 3.05) is 6.54 Å². The first-order valence-electron chi connectivity index (χ1n) is 4.98. The lowest BCUT2D eigenvalue weighted by molar-refractivity contribution is -0.145. The molecule has 0 atom stereocenters. The fraction of sp³-hybridized carbons (Fsp3) is 0.364. The number of carbonyl (C=O) groups is 1. The van der Waals surface area contributed by atoms with Crippen molar-refractivity contribution in [2.24, 2.45) is 4.36 Å². The number of hydrogen-bond acceptors (Lipinski definition) is 5. The summed E-state index contributed by atoms with van der Waals surface area (Å²) in [5.41, 5.74) is 0. The monoisotopic (exact) mass is 257 g/mol. The van der Waals surface area contributed by atoms with E-state index < -0.39 is 23.0 Å². The van der Waals surface area contributed by atoms with Crippen molar-refractivity contribution in [3.8, 4) is 0 Å². The van der Waals surface area contributed by atoms with Crippen molar-refractivity contribution >= 4 is 16.5 Å². The quantitative estimate of drug-likeness (QED) is 0.772. The number of rotatable bonds is 3. The third-order valence-electron chi connectivity index (χ3n) is 1.33. The Hall–Kier alpha value is -1.69. The molecule has 17 heavy (non-hydrogen) atoms. The van der Waals surface area contributed by atoms with Crippen molar-refractivity contribution in [1.29, 1.82) is 0 Å². The maximum Gasteiger partial charge on any atom is 0.329 e. The van der Waals surface area contributed by atoms with E-state index in [-0.39, 0.29) is 6.10 Å². The SMILES string of the molecule is CC(C)OC(=O)CN=S(=O)=O.c1ccccc1.